The number of halogens is 2. The maximum atomic E-state index is 14.6. The summed E-state index contributed by atoms with van der Waals surface area (Å²) >= 11 is 0. The highest BCUT2D eigenvalue weighted by Gasteiger charge is 2.43. The smallest absolute Gasteiger partial charge is 0.285 e. The number of alkyl halides is 2. The van der Waals surface area contributed by atoms with Gasteiger partial charge >= 0.3 is 0 Å². The highest BCUT2D eigenvalue weighted by Crippen LogP contribution is 2.38. The number of piperazine rings is 1. The molecule has 3 rings (SSSR count). The first-order valence-corrected chi connectivity index (χ1v) is 8.01. The molecule has 1 saturated carbocycles. The fourth-order valence-corrected chi connectivity index (χ4v) is 3.33. The molecule has 1 heterocycles. The molecule has 2 atom stereocenters. The summed E-state index contributed by atoms with van der Waals surface area (Å²) in [5.41, 5.74) is 0.131. The minimum absolute atomic E-state index is 0.131. The molecule has 116 valence electrons. The Morgan fingerprint density at radius 3 is 2.57 bits per heavy atom. The van der Waals surface area contributed by atoms with Crippen molar-refractivity contribution in [3.63, 3.8) is 0 Å². The fraction of sp³-hybridized carbons (Fsp3) is 0.647. The van der Waals surface area contributed by atoms with E-state index in [-0.39, 0.29) is 18.2 Å². The normalized spacial score (nSPS) is 27.8. The summed E-state index contributed by atoms with van der Waals surface area (Å²) in [5.74, 6) is -2.16. The third-order valence-corrected chi connectivity index (χ3v) is 4.80. The van der Waals surface area contributed by atoms with E-state index in [0.29, 0.717) is 12.0 Å². The van der Waals surface area contributed by atoms with Crippen molar-refractivity contribution in [2.75, 3.05) is 19.6 Å². The number of nitrogens with zero attached hydrogens (tertiary/aromatic N) is 1. The average molecular weight is 294 g/mol. The molecular formula is C17H24F2N2. The van der Waals surface area contributed by atoms with Gasteiger partial charge in [0.2, 0.25) is 0 Å². The van der Waals surface area contributed by atoms with E-state index in [0.717, 1.165) is 19.5 Å². The van der Waals surface area contributed by atoms with Crippen LogP contribution in [-0.4, -0.2) is 36.6 Å². The molecule has 1 aromatic carbocycles. The number of hydrogen-bond donors (Lipinski definition) is 1. The predicted octanol–water partition coefficient (Wildman–Crippen LogP) is 3.24. The Balaban J connectivity index is 1.73. The van der Waals surface area contributed by atoms with Crippen molar-refractivity contribution in [1.82, 2.24) is 10.2 Å². The molecular weight excluding hydrogens is 270 g/mol. The first-order valence-electron chi connectivity index (χ1n) is 8.01. The summed E-state index contributed by atoms with van der Waals surface area (Å²) in [6, 6.07) is 8.85. The Morgan fingerprint density at radius 1 is 1.24 bits per heavy atom. The average Bonchev–Trinajstić information content (AvgIpc) is 3.32. The predicted molar refractivity (Wildman–Crippen MR) is 80.5 cm³/mol. The molecule has 21 heavy (non-hydrogen) atoms. The Bertz CT molecular complexity index is 459. The topological polar surface area (TPSA) is 15.3 Å². The highest BCUT2D eigenvalue weighted by molar-refractivity contribution is 5.20. The van der Waals surface area contributed by atoms with Gasteiger partial charge in [-0.25, -0.2) is 0 Å². The van der Waals surface area contributed by atoms with Gasteiger partial charge < -0.3 is 5.32 Å². The van der Waals surface area contributed by atoms with E-state index in [2.05, 4.69) is 12.2 Å². The first kappa shape index (κ1) is 14.9. The van der Waals surface area contributed by atoms with Crippen molar-refractivity contribution in [3.05, 3.63) is 35.9 Å². The second kappa shape index (κ2) is 6.01. The van der Waals surface area contributed by atoms with Crippen molar-refractivity contribution in [2.24, 2.45) is 5.92 Å². The van der Waals surface area contributed by atoms with Gasteiger partial charge in [-0.1, -0.05) is 37.3 Å². The van der Waals surface area contributed by atoms with Gasteiger partial charge in [-0.2, -0.15) is 8.78 Å². The summed E-state index contributed by atoms with van der Waals surface area (Å²) in [6.45, 7) is 3.55. The molecule has 0 bridgehead atoms. The van der Waals surface area contributed by atoms with E-state index in [9.17, 15) is 8.78 Å². The molecule has 0 amide bonds. The van der Waals surface area contributed by atoms with Crippen molar-refractivity contribution < 1.29 is 8.78 Å². The molecule has 1 N–H and O–H groups in total. The molecule has 1 saturated heterocycles. The van der Waals surface area contributed by atoms with Crippen LogP contribution in [0.4, 0.5) is 8.78 Å². The molecule has 2 unspecified atom stereocenters. The van der Waals surface area contributed by atoms with Crippen LogP contribution in [0.25, 0.3) is 0 Å². The lowest BCUT2D eigenvalue weighted by atomic mass is 10.0. The molecule has 1 aliphatic heterocycles. The van der Waals surface area contributed by atoms with Crippen molar-refractivity contribution in [3.8, 4) is 0 Å². The standard InChI is InChI=1S/C17H24F2N2/c1-2-15-11-21(16(10-20-15)13-8-9-13)12-17(18,19)14-6-4-3-5-7-14/h3-7,13,15-16,20H,2,8-12H2,1H3. The van der Waals surface area contributed by atoms with Crippen molar-refractivity contribution in [2.45, 2.75) is 44.2 Å². The van der Waals surface area contributed by atoms with Gasteiger partial charge in [-0.05, 0) is 25.2 Å². The van der Waals surface area contributed by atoms with Crippen molar-refractivity contribution >= 4 is 0 Å². The largest absolute Gasteiger partial charge is 0.311 e. The van der Waals surface area contributed by atoms with E-state index >= 15 is 0 Å². The first-order chi connectivity index (χ1) is 10.1. The van der Waals surface area contributed by atoms with Crippen LogP contribution in [0.15, 0.2) is 30.3 Å². The second-order valence-electron chi connectivity index (χ2n) is 6.42. The van der Waals surface area contributed by atoms with E-state index in [1.807, 2.05) is 4.90 Å². The number of nitrogens with one attached hydrogen (secondary N) is 1. The molecule has 0 radical (unpaired) electrons. The molecule has 0 spiro atoms. The minimum atomic E-state index is -2.77. The van der Waals surface area contributed by atoms with E-state index in [1.165, 1.54) is 25.0 Å². The third-order valence-electron chi connectivity index (χ3n) is 4.80. The van der Waals surface area contributed by atoms with Gasteiger partial charge in [0.1, 0.15) is 0 Å². The van der Waals surface area contributed by atoms with E-state index in [1.54, 1.807) is 18.2 Å². The van der Waals surface area contributed by atoms with Crippen molar-refractivity contribution in [1.29, 1.82) is 0 Å². The van der Waals surface area contributed by atoms with Gasteiger partial charge in [0.15, 0.2) is 0 Å². The van der Waals surface area contributed by atoms with Crippen LogP contribution in [0, 0.1) is 5.92 Å². The van der Waals surface area contributed by atoms with Crippen LogP contribution in [0.3, 0.4) is 0 Å². The highest BCUT2D eigenvalue weighted by atomic mass is 19.3. The maximum absolute atomic E-state index is 14.6. The molecule has 2 fully saturated rings. The zero-order valence-corrected chi connectivity index (χ0v) is 12.6. The Hall–Kier alpha value is -1.00. The zero-order chi connectivity index (χ0) is 14.9. The molecule has 2 aliphatic rings. The van der Waals surface area contributed by atoms with E-state index < -0.39 is 5.92 Å². The second-order valence-corrected chi connectivity index (χ2v) is 6.42. The van der Waals surface area contributed by atoms with E-state index in [4.69, 9.17) is 0 Å². The Kier molecular flexibility index (Phi) is 4.27. The summed E-state index contributed by atoms with van der Waals surface area (Å²) in [6.07, 6.45) is 3.37. The fourth-order valence-electron chi connectivity index (χ4n) is 3.33. The Morgan fingerprint density at radius 2 is 1.95 bits per heavy atom. The lowest BCUT2D eigenvalue weighted by molar-refractivity contribution is -0.0590. The molecule has 0 aromatic heterocycles. The lowest BCUT2D eigenvalue weighted by Gasteiger charge is -2.42. The molecule has 4 heteroatoms. The van der Waals surface area contributed by atoms with Gasteiger partial charge in [0, 0.05) is 30.7 Å². The Labute approximate surface area is 125 Å². The van der Waals surface area contributed by atoms with Crippen LogP contribution in [0.5, 0.6) is 0 Å². The van der Waals surface area contributed by atoms with Crippen LogP contribution in [0.1, 0.15) is 31.7 Å². The summed E-state index contributed by atoms with van der Waals surface area (Å²) in [4.78, 5) is 2.04. The third kappa shape index (κ3) is 3.43. The van der Waals surface area contributed by atoms with Crippen LogP contribution in [-0.2, 0) is 5.92 Å². The van der Waals surface area contributed by atoms with Gasteiger partial charge in [-0.15, -0.1) is 0 Å². The van der Waals surface area contributed by atoms with Crippen LogP contribution in [0.2, 0.25) is 0 Å². The summed E-state index contributed by atoms with van der Waals surface area (Å²) < 4.78 is 29.1. The maximum Gasteiger partial charge on any atom is 0.285 e. The van der Waals surface area contributed by atoms with Gasteiger partial charge in [0.05, 0.1) is 6.54 Å². The molecule has 1 aromatic rings. The lowest BCUT2D eigenvalue weighted by Crippen LogP contribution is -2.59. The van der Waals surface area contributed by atoms with Gasteiger partial charge in [0.25, 0.3) is 5.92 Å². The molecule has 1 aliphatic carbocycles. The quantitative estimate of drug-likeness (QED) is 0.897. The number of hydrogen-bond acceptors (Lipinski definition) is 2. The molecule has 2 nitrogen and oxygen atoms in total. The summed E-state index contributed by atoms with van der Waals surface area (Å²) in [5, 5.41) is 3.51. The van der Waals surface area contributed by atoms with Gasteiger partial charge in [-0.3, -0.25) is 4.90 Å². The number of benzene rings is 1. The minimum Gasteiger partial charge on any atom is -0.311 e. The monoisotopic (exact) mass is 294 g/mol. The van der Waals surface area contributed by atoms with Crippen LogP contribution >= 0.6 is 0 Å². The van der Waals surface area contributed by atoms with Crippen LogP contribution < -0.4 is 5.32 Å². The SMILES string of the molecule is CCC1CN(CC(F)(F)c2ccccc2)C(C2CC2)CN1. The number of rotatable bonds is 5. The summed E-state index contributed by atoms with van der Waals surface area (Å²) in [7, 11) is 0. The zero-order valence-electron chi connectivity index (χ0n) is 12.6.